The lowest BCUT2D eigenvalue weighted by Gasteiger charge is -2.34. The van der Waals surface area contributed by atoms with Gasteiger partial charge in [0.25, 0.3) is 5.91 Å². The number of hydrogen-bond donors (Lipinski definition) is 1. The molecule has 9 heteroatoms. The lowest BCUT2D eigenvalue weighted by Crippen LogP contribution is -2.44. The molecule has 1 fully saturated rings. The van der Waals surface area contributed by atoms with E-state index in [1.807, 2.05) is 30.3 Å². The van der Waals surface area contributed by atoms with Gasteiger partial charge in [-0.2, -0.15) is 4.98 Å². The Balaban J connectivity index is 1.51. The highest BCUT2D eigenvalue weighted by Crippen LogP contribution is 2.41. The molecule has 1 aromatic heterocycles. The number of amides is 1. The molecule has 0 saturated carbocycles. The summed E-state index contributed by atoms with van der Waals surface area (Å²) in [4.78, 5) is 31.3. The number of anilines is 6. The zero-order valence-corrected chi connectivity index (χ0v) is 22.2. The van der Waals surface area contributed by atoms with Crippen LogP contribution in [0, 0.1) is 0 Å². The highest BCUT2D eigenvalue weighted by molar-refractivity contribution is 6.13. The first-order valence-corrected chi connectivity index (χ1v) is 12.8. The van der Waals surface area contributed by atoms with Crippen molar-refractivity contribution >= 4 is 40.4 Å². The average Bonchev–Trinajstić information content (AvgIpc) is 3.01. The minimum absolute atomic E-state index is 0.0758. The van der Waals surface area contributed by atoms with Crippen LogP contribution in [-0.2, 0) is 0 Å². The van der Waals surface area contributed by atoms with Gasteiger partial charge in [0.1, 0.15) is 11.4 Å². The zero-order valence-electron chi connectivity index (χ0n) is 22.2. The average molecular weight is 502 g/mol. The molecular formula is C28H35N7O2. The van der Waals surface area contributed by atoms with Gasteiger partial charge in [-0.1, -0.05) is 19.1 Å². The highest BCUT2D eigenvalue weighted by Gasteiger charge is 2.32. The van der Waals surface area contributed by atoms with Crippen LogP contribution < -0.4 is 24.8 Å². The van der Waals surface area contributed by atoms with Crippen molar-refractivity contribution in [3.8, 4) is 5.75 Å². The number of nitrogens with zero attached hydrogens (tertiary/aromatic N) is 6. The number of hydrogen-bond acceptors (Lipinski definition) is 8. The maximum Gasteiger partial charge on any atom is 0.260 e. The van der Waals surface area contributed by atoms with E-state index >= 15 is 0 Å². The lowest BCUT2D eigenvalue weighted by atomic mass is 10.1. The van der Waals surface area contributed by atoms with Crippen LogP contribution in [0.4, 0.5) is 34.5 Å². The normalized spacial score (nSPS) is 16.7. The molecule has 1 atom stereocenters. The van der Waals surface area contributed by atoms with Crippen LogP contribution in [0.2, 0.25) is 0 Å². The van der Waals surface area contributed by atoms with E-state index in [4.69, 9.17) is 9.72 Å². The smallest absolute Gasteiger partial charge is 0.260 e. The van der Waals surface area contributed by atoms with Crippen LogP contribution in [0.25, 0.3) is 0 Å². The molecule has 1 amide bonds. The number of piperazine rings is 1. The molecule has 194 valence electrons. The predicted molar refractivity (Wildman–Crippen MR) is 149 cm³/mol. The molecule has 2 aliphatic rings. The maximum absolute atomic E-state index is 13.3. The van der Waals surface area contributed by atoms with Gasteiger partial charge in [-0.25, -0.2) is 4.98 Å². The molecule has 1 saturated heterocycles. The second kappa shape index (κ2) is 10.3. The van der Waals surface area contributed by atoms with Crippen molar-refractivity contribution in [1.29, 1.82) is 0 Å². The summed E-state index contributed by atoms with van der Waals surface area (Å²) in [5.74, 6) is 1.79. The van der Waals surface area contributed by atoms with Crippen LogP contribution >= 0.6 is 0 Å². The van der Waals surface area contributed by atoms with E-state index in [2.05, 4.69) is 58.0 Å². The van der Waals surface area contributed by atoms with Gasteiger partial charge in [0, 0.05) is 51.0 Å². The Labute approximate surface area is 218 Å². The number of likely N-dealkylation sites (N-methyl/N-ethyl adjacent to an activating group) is 1. The molecule has 2 aromatic carbocycles. The van der Waals surface area contributed by atoms with Crippen LogP contribution in [0.1, 0.15) is 30.6 Å². The molecule has 0 aliphatic carbocycles. The number of ether oxygens (including phenoxy) is 1. The minimum Gasteiger partial charge on any atom is -0.494 e. The van der Waals surface area contributed by atoms with Crippen LogP contribution in [0.5, 0.6) is 5.75 Å². The number of carbonyl (C=O) groups excluding carboxylic acids is 1. The van der Waals surface area contributed by atoms with E-state index in [1.54, 1.807) is 25.3 Å². The van der Waals surface area contributed by atoms with E-state index < -0.39 is 0 Å². The molecule has 0 bridgehead atoms. The molecular weight excluding hydrogens is 466 g/mol. The molecule has 3 heterocycles. The summed E-state index contributed by atoms with van der Waals surface area (Å²) in [7, 11) is 5.60. The van der Waals surface area contributed by atoms with Gasteiger partial charge in [0.2, 0.25) is 5.95 Å². The van der Waals surface area contributed by atoms with Crippen molar-refractivity contribution in [2.45, 2.75) is 26.3 Å². The number of aromatic nitrogens is 2. The summed E-state index contributed by atoms with van der Waals surface area (Å²) in [5.41, 5.74) is 4.10. The standard InChI is InChI=1S/C28H35N7O2/c1-6-19(2)35-23-10-8-7-9-21(23)27(36)33(4)24-18-29-28(31-26(24)35)30-22-12-11-20(17-25(22)37-5)34-15-13-32(3)14-16-34/h7-12,17-19H,6,13-16H2,1-5H3,(H,29,30,31). The number of para-hydroxylation sites is 1. The van der Waals surface area contributed by atoms with Crippen LogP contribution in [-0.4, -0.2) is 74.2 Å². The molecule has 3 aromatic rings. The van der Waals surface area contributed by atoms with Crippen molar-refractivity contribution in [1.82, 2.24) is 14.9 Å². The SMILES string of the molecule is CCC(C)N1c2ccccc2C(=O)N(C)c2cnc(Nc3ccc(N4CCN(C)CC4)cc3OC)nc21. The third kappa shape index (κ3) is 4.67. The molecule has 1 N–H and O–H groups in total. The summed E-state index contributed by atoms with van der Waals surface area (Å²) in [6.07, 6.45) is 2.61. The van der Waals surface area contributed by atoms with E-state index in [0.29, 0.717) is 23.0 Å². The van der Waals surface area contributed by atoms with Crippen LogP contribution in [0.15, 0.2) is 48.7 Å². The number of methoxy groups -OCH3 is 1. The number of rotatable bonds is 6. The largest absolute Gasteiger partial charge is 0.494 e. The fraction of sp³-hybridized carbons (Fsp3) is 0.393. The Kier molecular flexibility index (Phi) is 6.88. The molecule has 5 rings (SSSR count). The molecule has 37 heavy (non-hydrogen) atoms. The van der Waals surface area contributed by atoms with Crippen LogP contribution in [0.3, 0.4) is 0 Å². The first-order chi connectivity index (χ1) is 17.9. The molecule has 0 spiro atoms. The first-order valence-electron chi connectivity index (χ1n) is 12.8. The quantitative estimate of drug-likeness (QED) is 0.529. The van der Waals surface area contributed by atoms with Gasteiger partial charge in [-0.3, -0.25) is 4.79 Å². The minimum atomic E-state index is -0.0758. The number of fused-ring (bicyclic) bond motifs is 2. The van der Waals surface area contributed by atoms with Crippen molar-refractivity contribution in [2.75, 3.05) is 67.4 Å². The monoisotopic (exact) mass is 501 g/mol. The Bertz CT molecular complexity index is 1290. The molecule has 1 unspecified atom stereocenters. The Morgan fingerprint density at radius 1 is 1.05 bits per heavy atom. The van der Waals surface area contributed by atoms with Crippen molar-refractivity contribution < 1.29 is 9.53 Å². The second-order valence-electron chi connectivity index (χ2n) is 9.71. The number of carbonyl (C=O) groups is 1. The Morgan fingerprint density at radius 2 is 1.81 bits per heavy atom. The van der Waals surface area contributed by atoms with Gasteiger partial charge < -0.3 is 29.7 Å². The predicted octanol–water partition coefficient (Wildman–Crippen LogP) is 4.51. The Hall–Kier alpha value is -3.85. The zero-order chi connectivity index (χ0) is 26.1. The van der Waals surface area contributed by atoms with Crippen molar-refractivity contribution in [3.05, 3.63) is 54.2 Å². The Morgan fingerprint density at radius 3 is 2.54 bits per heavy atom. The van der Waals surface area contributed by atoms with Crippen molar-refractivity contribution in [3.63, 3.8) is 0 Å². The van der Waals surface area contributed by atoms with E-state index in [-0.39, 0.29) is 11.9 Å². The van der Waals surface area contributed by atoms with Gasteiger partial charge in [-0.15, -0.1) is 0 Å². The topological polar surface area (TPSA) is 77.1 Å². The molecule has 9 nitrogen and oxygen atoms in total. The molecule has 2 aliphatic heterocycles. The second-order valence-corrected chi connectivity index (χ2v) is 9.71. The fourth-order valence-corrected chi connectivity index (χ4v) is 4.90. The summed E-state index contributed by atoms with van der Waals surface area (Å²) < 4.78 is 5.74. The van der Waals surface area contributed by atoms with Gasteiger partial charge in [-0.05, 0) is 44.7 Å². The van der Waals surface area contributed by atoms with Crippen molar-refractivity contribution in [2.24, 2.45) is 0 Å². The van der Waals surface area contributed by atoms with Gasteiger partial charge in [0.15, 0.2) is 5.82 Å². The number of nitrogens with one attached hydrogen (secondary N) is 1. The molecule has 0 radical (unpaired) electrons. The third-order valence-electron chi connectivity index (χ3n) is 7.37. The summed E-state index contributed by atoms with van der Waals surface area (Å²) >= 11 is 0. The van der Waals surface area contributed by atoms with E-state index in [9.17, 15) is 4.79 Å². The summed E-state index contributed by atoms with van der Waals surface area (Å²) in [6.45, 7) is 8.33. The lowest BCUT2D eigenvalue weighted by molar-refractivity contribution is 0.0994. The first kappa shape index (κ1) is 24.8. The van der Waals surface area contributed by atoms with Gasteiger partial charge in [0.05, 0.1) is 30.2 Å². The van der Waals surface area contributed by atoms with E-state index in [0.717, 1.165) is 55.4 Å². The maximum atomic E-state index is 13.3. The third-order valence-corrected chi connectivity index (χ3v) is 7.37. The summed E-state index contributed by atoms with van der Waals surface area (Å²) in [5, 5.41) is 3.35. The number of benzene rings is 2. The van der Waals surface area contributed by atoms with Gasteiger partial charge >= 0.3 is 0 Å². The summed E-state index contributed by atoms with van der Waals surface area (Å²) in [6, 6.07) is 14.0. The fourth-order valence-electron chi connectivity index (χ4n) is 4.90. The van der Waals surface area contributed by atoms with E-state index in [1.165, 1.54) is 0 Å². The highest BCUT2D eigenvalue weighted by atomic mass is 16.5.